The normalized spacial score (nSPS) is 12.9. The van der Waals surface area contributed by atoms with Gasteiger partial charge < -0.3 is 15.0 Å². The van der Waals surface area contributed by atoms with Gasteiger partial charge in [-0.15, -0.1) is 11.3 Å². The van der Waals surface area contributed by atoms with Crippen molar-refractivity contribution in [1.29, 1.82) is 0 Å². The molecule has 0 aliphatic carbocycles. The summed E-state index contributed by atoms with van der Waals surface area (Å²) in [5.74, 6) is -1.46. The molecule has 0 fully saturated rings. The number of rotatable bonds is 2. The van der Waals surface area contributed by atoms with Crippen molar-refractivity contribution in [1.82, 2.24) is 0 Å². The molecule has 0 saturated heterocycles. The number of carbonyl (C=O) groups is 1. The lowest BCUT2D eigenvalue weighted by Gasteiger charge is -2.07. The molecule has 4 heteroatoms. The standard InChI is InChI=1S/C6H6O3S/c7-5(6(8)9)4-2-1-3-10-4/h1-3,5,7H,(H,8,9)/p-1. The molecule has 1 heterocycles. The van der Waals surface area contributed by atoms with Crippen LogP contribution in [0.3, 0.4) is 0 Å². The van der Waals surface area contributed by atoms with Crippen LogP contribution in [0.25, 0.3) is 0 Å². The molecule has 3 nitrogen and oxygen atoms in total. The molecule has 0 amide bonds. The van der Waals surface area contributed by atoms with Gasteiger partial charge in [0.1, 0.15) is 6.10 Å². The molecule has 1 atom stereocenters. The summed E-state index contributed by atoms with van der Waals surface area (Å²) >= 11 is 1.19. The van der Waals surface area contributed by atoms with Crippen LogP contribution in [0.1, 0.15) is 11.0 Å². The van der Waals surface area contributed by atoms with Crippen molar-refractivity contribution < 1.29 is 15.0 Å². The molecule has 0 spiro atoms. The first-order valence-electron chi connectivity index (χ1n) is 2.64. The molecule has 54 valence electrons. The van der Waals surface area contributed by atoms with Gasteiger partial charge >= 0.3 is 0 Å². The molecule has 1 aromatic rings. The van der Waals surface area contributed by atoms with E-state index in [0.717, 1.165) is 0 Å². The van der Waals surface area contributed by atoms with Gasteiger partial charge in [-0.05, 0) is 11.4 Å². The van der Waals surface area contributed by atoms with Crippen molar-refractivity contribution >= 4 is 17.3 Å². The fraction of sp³-hybridized carbons (Fsp3) is 0.167. The lowest BCUT2D eigenvalue weighted by atomic mass is 10.3. The Morgan fingerprint density at radius 3 is 2.90 bits per heavy atom. The Morgan fingerprint density at radius 2 is 2.50 bits per heavy atom. The van der Waals surface area contributed by atoms with Crippen LogP contribution in [0.2, 0.25) is 0 Å². The summed E-state index contributed by atoms with van der Waals surface area (Å²) in [5, 5.41) is 20.6. The fourth-order valence-electron chi connectivity index (χ4n) is 0.563. The Balaban J connectivity index is 2.77. The first kappa shape index (κ1) is 7.24. The van der Waals surface area contributed by atoms with E-state index in [4.69, 9.17) is 5.11 Å². The number of carbonyl (C=O) groups excluding carboxylic acids is 1. The number of aliphatic hydroxyl groups excluding tert-OH is 1. The molecule has 1 rings (SSSR count). The van der Waals surface area contributed by atoms with Gasteiger partial charge in [0.25, 0.3) is 0 Å². The van der Waals surface area contributed by atoms with E-state index in [9.17, 15) is 9.90 Å². The average Bonchev–Trinajstić information content (AvgIpc) is 2.36. The zero-order chi connectivity index (χ0) is 7.56. The van der Waals surface area contributed by atoms with Crippen molar-refractivity contribution in [3.8, 4) is 0 Å². The molecule has 0 aliphatic heterocycles. The molecule has 0 saturated carbocycles. The third-order valence-corrected chi connectivity index (χ3v) is 1.96. The Kier molecular flexibility index (Phi) is 2.03. The van der Waals surface area contributed by atoms with Crippen LogP contribution in [0.15, 0.2) is 17.5 Å². The smallest absolute Gasteiger partial charge is 0.127 e. The van der Waals surface area contributed by atoms with Gasteiger partial charge in [-0.3, -0.25) is 0 Å². The molecule has 0 radical (unpaired) electrons. The largest absolute Gasteiger partial charge is 0.547 e. The second kappa shape index (κ2) is 2.81. The molecule has 0 bridgehead atoms. The van der Waals surface area contributed by atoms with E-state index in [0.29, 0.717) is 4.88 Å². The molecule has 0 aromatic carbocycles. The summed E-state index contributed by atoms with van der Waals surface area (Å²) in [4.78, 5) is 10.4. The maximum atomic E-state index is 10.0. The van der Waals surface area contributed by atoms with Crippen LogP contribution in [0.5, 0.6) is 0 Å². The number of thiophene rings is 1. The van der Waals surface area contributed by atoms with Crippen LogP contribution < -0.4 is 5.11 Å². The lowest BCUT2D eigenvalue weighted by molar-refractivity contribution is -0.315. The van der Waals surface area contributed by atoms with Crippen LogP contribution in [-0.4, -0.2) is 11.1 Å². The highest BCUT2D eigenvalue weighted by atomic mass is 32.1. The van der Waals surface area contributed by atoms with E-state index in [-0.39, 0.29) is 0 Å². The Hall–Kier alpha value is -0.870. The van der Waals surface area contributed by atoms with Gasteiger partial charge in [0.2, 0.25) is 0 Å². The average molecular weight is 157 g/mol. The zero-order valence-electron chi connectivity index (χ0n) is 4.98. The van der Waals surface area contributed by atoms with Crippen LogP contribution in [-0.2, 0) is 4.79 Å². The second-order valence-corrected chi connectivity index (χ2v) is 2.72. The number of aliphatic hydroxyl groups is 1. The highest BCUT2D eigenvalue weighted by Gasteiger charge is 2.07. The number of carboxylic acids is 1. The van der Waals surface area contributed by atoms with E-state index in [2.05, 4.69) is 0 Å². The summed E-state index contributed by atoms with van der Waals surface area (Å²) in [5.41, 5.74) is 0. The predicted molar refractivity (Wildman–Crippen MR) is 34.3 cm³/mol. The molecular weight excluding hydrogens is 152 g/mol. The van der Waals surface area contributed by atoms with E-state index < -0.39 is 12.1 Å². The van der Waals surface area contributed by atoms with Crippen LogP contribution in [0.4, 0.5) is 0 Å². The summed E-state index contributed by atoms with van der Waals surface area (Å²) < 4.78 is 0. The van der Waals surface area contributed by atoms with Crippen LogP contribution in [0, 0.1) is 0 Å². The van der Waals surface area contributed by atoms with E-state index in [1.165, 1.54) is 11.3 Å². The summed E-state index contributed by atoms with van der Waals surface area (Å²) in [6, 6.07) is 3.22. The van der Waals surface area contributed by atoms with Crippen molar-refractivity contribution in [2.45, 2.75) is 6.10 Å². The quantitative estimate of drug-likeness (QED) is 0.631. The fourth-order valence-corrected chi connectivity index (χ4v) is 1.26. The first-order chi connectivity index (χ1) is 4.72. The monoisotopic (exact) mass is 157 g/mol. The first-order valence-corrected chi connectivity index (χ1v) is 3.52. The summed E-state index contributed by atoms with van der Waals surface area (Å²) in [6.45, 7) is 0. The third-order valence-electron chi connectivity index (χ3n) is 1.04. The van der Waals surface area contributed by atoms with Crippen molar-refractivity contribution in [2.75, 3.05) is 0 Å². The minimum absolute atomic E-state index is 0.403. The van der Waals surface area contributed by atoms with Crippen molar-refractivity contribution in [2.24, 2.45) is 0 Å². The van der Waals surface area contributed by atoms with Crippen LogP contribution >= 0.6 is 11.3 Å². The number of hydrogen-bond donors (Lipinski definition) is 1. The van der Waals surface area contributed by atoms with E-state index in [1.807, 2.05) is 0 Å². The van der Waals surface area contributed by atoms with Gasteiger partial charge in [-0.25, -0.2) is 0 Å². The molecule has 1 N–H and O–H groups in total. The highest BCUT2D eigenvalue weighted by molar-refractivity contribution is 7.10. The molecule has 0 aliphatic rings. The van der Waals surface area contributed by atoms with Gasteiger partial charge in [-0.1, -0.05) is 6.07 Å². The summed E-state index contributed by atoms with van der Waals surface area (Å²) in [6.07, 6.45) is -1.47. The van der Waals surface area contributed by atoms with Gasteiger partial charge in [0.05, 0.1) is 5.97 Å². The topological polar surface area (TPSA) is 60.4 Å². The number of hydrogen-bond acceptors (Lipinski definition) is 4. The molecule has 10 heavy (non-hydrogen) atoms. The SMILES string of the molecule is O=C([O-])C(O)c1cccs1. The Labute approximate surface area is 61.6 Å². The summed E-state index contributed by atoms with van der Waals surface area (Å²) in [7, 11) is 0. The van der Waals surface area contributed by atoms with Crippen molar-refractivity contribution in [3.63, 3.8) is 0 Å². The lowest BCUT2D eigenvalue weighted by Crippen LogP contribution is -2.28. The van der Waals surface area contributed by atoms with Gasteiger partial charge in [0, 0.05) is 4.88 Å². The van der Waals surface area contributed by atoms with E-state index in [1.54, 1.807) is 17.5 Å². The van der Waals surface area contributed by atoms with Gasteiger partial charge in [0.15, 0.2) is 0 Å². The predicted octanol–water partition coefficient (Wildman–Crippen LogP) is -0.469. The zero-order valence-corrected chi connectivity index (χ0v) is 5.80. The van der Waals surface area contributed by atoms with E-state index >= 15 is 0 Å². The second-order valence-electron chi connectivity index (χ2n) is 1.74. The Bertz CT molecular complexity index is 217. The van der Waals surface area contributed by atoms with Gasteiger partial charge in [-0.2, -0.15) is 0 Å². The number of carboxylic acid groups (broad SMARTS) is 1. The maximum absolute atomic E-state index is 10.0. The minimum atomic E-state index is -1.47. The molecule has 1 unspecified atom stereocenters. The third kappa shape index (κ3) is 1.34. The highest BCUT2D eigenvalue weighted by Crippen LogP contribution is 2.17. The minimum Gasteiger partial charge on any atom is -0.547 e. The maximum Gasteiger partial charge on any atom is 0.127 e. The molecular formula is C6H5O3S-. The Morgan fingerprint density at radius 1 is 1.80 bits per heavy atom. The van der Waals surface area contributed by atoms with Crippen molar-refractivity contribution in [3.05, 3.63) is 22.4 Å². The molecule has 1 aromatic heterocycles. The number of aliphatic carboxylic acids is 1.